The Balaban J connectivity index is 1.59. The van der Waals surface area contributed by atoms with Crippen LogP contribution < -0.4 is 9.47 Å². The van der Waals surface area contributed by atoms with E-state index < -0.39 is 49.2 Å². The molecule has 10 nitrogen and oxygen atoms in total. The van der Waals surface area contributed by atoms with Crippen LogP contribution in [0.15, 0.2) is 36.4 Å². The lowest BCUT2D eigenvalue weighted by Gasteiger charge is -2.39. The summed E-state index contributed by atoms with van der Waals surface area (Å²) in [5, 5.41) is 59.0. The number of aliphatic hydroxyl groups is 4. The van der Waals surface area contributed by atoms with Gasteiger partial charge in [0, 0.05) is 12.1 Å². The molecule has 1 fully saturated rings. The van der Waals surface area contributed by atoms with E-state index in [0.29, 0.717) is 5.56 Å². The van der Waals surface area contributed by atoms with E-state index in [0.717, 1.165) is 6.07 Å². The highest BCUT2D eigenvalue weighted by Gasteiger charge is 2.45. The molecule has 0 amide bonds. The Bertz CT molecular complexity index is 957. The molecule has 1 saturated heterocycles. The van der Waals surface area contributed by atoms with Crippen LogP contribution in [0.1, 0.15) is 28.4 Å². The molecule has 6 atom stereocenters. The minimum atomic E-state index is -1.64. The highest BCUT2D eigenvalue weighted by atomic mass is 16.7. The van der Waals surface area contributed by atoms with Crippen LogP contribution in [-0.4, -0.2) is 73.7 Å². The number of aliphatic hydroxyl groups excluding tert-OH is 4. The zero-order chi connectivity index (χ0) is 22.3. The number of phenolic OH excluding ortho intramolecular Hbond substituents is 2. The van der Waals surface area contributed by atoms with E-state index in [9.17, 15) is 35.4 Å². The van der Waals surface area contributed by atoms with Crippen LogP contribution in [-0.2, 0) is 4.74 Å². The predicted octanol–water partition coefficient (Wildman–Crippen LogP) is -0.0170. The molecule has 0 bridgehead atoms. The van der Waals surface area contributed by atoms with Gasteiger partial charge in [0.25, 0.3) is 0 Å². The van der Waals surface area contributed by atoms with E-state index in [1.54, 1.807) is 12.1 Å². The first-order valence-electron chi connectivity index (χ1n) is 9.61. The normalized spacial score (nSPS) is 30.4. The van der Waals surface area contributed by atoms with Crippen molar-refractivity contribution in [3.05, 3.63) is 47.5 Å². The first-order valence-corrected chi connectivity index (χ1v) is 9.61. The molecule has 6 N–H and O–H groups in total. The Morgan fingerprint density at radius 1 is 1.00 bits per heavy atom. The van der Waals surface area contributed by atoms with E-state index in [-0.39, 0.29) is 35.0 Å². The number of phenols is 2. The number of hydrogen-bond acceptors (Lipinski definition) is 10. The van der Waals surface area contributed by atoms with Crippen molar-refractivity contribution < 1.29 is 49.6 Å². The molecule has 10 heteroatoms. The van der Waals surface area contributed by atoms with Gasteiger partial charge in [0.05, 0.1) is 13.0 Å². The van der Waals surface area contributed by atoms with Gasteiger partial charge in [-0.2, -0.15) is 0 Å². The highest BCUT2D eigenvalue weighted by molar-refractivity contribution is 6.02. The quantitative estimate of drug-likeness (QED) is 0.385. The summed E-state index contributed by atoms with van der Waals surface area (Å²) in [5.41, 5.74) is 0.632. The average molecular weight is 434 g/mol. The molecule has 2 aromatic rings. The molecule has 166 valence electrons. The molecule has 4 unspecified atom stereocenters. The monoisotopic (exact) mass is 434 g/mol. The molecule has 2 aliphatic rings. The molecule has 0 spiro atoms. The molecule has 2 aromatic carbocycles. The van der Waals surface area contributed by atoms with Crippen molar-refractivity contribution in [2.45, 2.75) is 43.2 Å². The summed E-state index contributed by atoms with van der Waals surface area (Å²) in [5.74, 6) is -0.657. The van der Waals surface area contributed by atoms with Gasteiger partial charge < -0.3 is 44.8 Å². The van der Waals surface area contributed by atoms with Crippen molar-refractivity contribution in [2.24, 2.45) is 0 Å². The third-order valence-corrected chi connectivity index (χ3v) is 5.34. The van der Waals surface area contributed by atoms with E-state index in [4.69, 9.17) is 14.2 Å². The van der Waals surface area contributed by atoms with Crippen molar-refractivity contribution in [3.8, 4) is 23.0 Å². The fourth-order valence-electron chi connectivity index (χ4n) is 3.66. The largest absolute Gasteiger partial charge is 0.508 e. The van der Waals surface area contributed by atoms with Crippen molar-refractivity contribution in [1.29, 1.82) is 0 Å². The zero-order valence-corrected chi connectivity index (χ0v) is 16.2. The molecule has 2 heterocycles. The van der Waals surface area contributed by atoms with Crippen molar-refractivity contribution in [2.75, 3.05) is 6.61 Å². The average Bonchev–Trinajstić information content (AvgIpc) is 2.74. The van der Waals surface area contributed by atoms with Crippen molar-refractivity contribution >= 4 is 5.78 Å². The maximum absolute atomic E-state index is 12.6. The number of benzene rings is 2. The summed E-state index contributed by atoms with van der Waals surface area (Å²) in [4.78, 5) is 12.6. The summed E-state index contributed by atoms with van der Waals surface area (Å²) in [6.07, 6.45) is -8.09. The highest BCUT2D eigenvalue weighted by Crippen LogP contribution is 2.42. The fourth-order valence-corrected chi connectivity index (χ4v) is 3.66. The van der Waals surface area contributed by atoms with E-state index in [1.165, 1.54) is 18.2 Å². The summed E-state index contributed by atoms with van der Waals surface area (Å²) >= 11 is 0. The second kappa shape index (κ2) is 8.33. The molecule has 0 saturated carbocycles. The second-order valence-electron chi connectivity index (χ2n) is 7.46. The number of rotatable bonds is 4. The molecular formula is C21H22O10. The summed E-state index contributed by atoms with van der Waals surface area (Å²) in [7, 11) is 0. The van der Waals surface area contributed by atoms with Gasteiger partial charge in [0.2, 0.25) is 6.29 Å². The maximum Gasteiger partial charge on any atom is 0.229 e. The van der Waals surface area contributed by atoms with Crippen LogP contribution in [0.2, 0.25) is 0 Å². The molecule has 0 aliphatic carbocycles. The van der Waals surface area contributed by atoms with Gasteiger partial charge in [0.1, 0.15) is 59.1 Å². The Morgan fingerprint density at radius 3 is 2.39 bits per heavy atom. The Hall–Kier alpha value is -2.89. The fraction of sp³-hybridized carbons (Fsp3) is 0.381. The van der Waals surface area contributed by atoms with Crippen LogP contribution in [0.5, 0.6) is 23.0 Å². The first-order chi connectivity index (χ1) is 14.8. The molecular weight excluding hydrogens is 412 g/mol. The molecule has 31 heavy (non-hydrogen) atoms. The third-order valence-electron chi connectivity index (χ3n) is 5.34. The van der Waals surface area contributed by atoms with Gasteiger partial charge in [-0.1, -0.05) is 12.1 Å². The number of fused-ring (bicyclic) bond motifs is 1. The maximum atomic E-state index is 12.6. The van der Waals surface area contributed by atoms with Crippen LogP contribution in [0.3, 0.4) is 0 Å². The lowest BCUT2D eigenvalue weighted by Crippen LogP contribution is -2.60. The van der Waals surface area contributed by atoms with E-state index in [2.05, 4.69) is 0 Å². The first kappa shape index (κ1) is 21.3. The van der Waals surface area contributed by atoms with Crippen molar-refractivity contribution in [1.82, 2.24) is 0 Å². The standard InChI is InChI=1S/C21H22O10/c22-8-16-18(26)19(27)20(28)21(31-16)29-11-5-12(24)17-13(25)7-14(30-15(17)6-11)9-1-3-10(23)4-2-9/h1-6,14,16,18-24,26-28H,7-8H2/t14?,16?,18-,19?,20?,21-/m1/s1. The third kappa shape index (κ3) is 4.03. The van der Waals surface area contributed by atoms with Crippen LogP contribution >= 0.6 is 0 Å². The van der Waals surface area contributed by atoms with E-state index in [1.807, 2.05) is 0 Å². The number of Topliss-reactive ketones (excluding diaryl/α,β-unsaturated/α-hetero) is 1. The SMILES string of the molecule is O=C1CC(c2ccc(O)cc2)Oc2cc(O[C@@H]3OC(CO)[C@@H](O)C(O)C3O)cc(O)c21. The summed E-state index contributed by atoms with van der Waals surface area (Å²) < 4.78 is 16.7. The number of carbonyl (C=O) groups excluding carboxylic acids is 1. The molecule has 0 aromatic heterocycles. The topological polar surface area (TPSA) is 166 Å². The van der Waals surface area contributed by atoms with E-state index >= 15 is 0 Å². The zero-order valence-electron chi connectivity index (χ0n) is 16.2. The van der Waals surface area contributed by atoms with Gasteiger partial charge in [-0.15, -0.1) is 0 Å². The van der Waals surface area contributed by atoms with Crippen molar-refractivity contribution in [3.63, 3.8) is 0 Å². The number of ketones is 1. The molecule has 2 aliphatic heterocycles. The lowest BCUT2D eigenvalue weighted by molar-refractivity contribution is -0.277. The predicted molar refractivity (Wildman–Crippen MR) is 103 cm³/mol. The number of aromatic hydroxyl groups is 2. The second-order valence-corrected chi connectivity index (χ2v) is 7.46. The minimum Gasteiger partial charge on any atom is -0.508 e. The number of ether oxygens (including phenoxy) is 3. The summed E-state index contributed by atoms with van der Waals surface area (Å²) in [6, 6.07) is 8.64. The smallest absolute Gasteiger partial charge is 0.229 e. The number of hydrogen-bond donors (Lipinski definition) is 6. The van der Waals surface area contributed by atoms with Gasteiger partial charge in [0.15, 0.2) is 5.78 Å². The van der Waals surface area contributed by atoms with Crippen LogP contribution in [0, 0.1) is 0 Å². The van der Waals surface area contributed by atoms with Gasteiger partial charge in [-0.05, 0) is 17.7 Å². The summed E-state index contributed by atoms with van der Waals surface area (Å²) in [6.45, 7) is -0.619. The Kier molecular flexibility index (Phi) is 5.73. The molecule has 0 radical (unpaired) electrons. The lowest BCUT2D eigenvalue weighted by atomic mass is 9.95. The van der Waals surface area contributed by atoms with Crippen LogP contribution in [0.25, 0.3) is 0 Å². The Morgan fingerprint density at radius 2 is 1.71 bits per heavy atom. The van der Waals surface area contributed by atoms with Gasteiger partial charge in [-0.3, -0.25) is 4.79 Å². The molecule has 4 rings (SSSR count). The number of carbonyl (C=O) groups is 1. The van der Waals surface area contributed by atoms with Gasteiger partial charge >= 0.3 is 0 Å². The van der Waals surface area contributed by atoms with Gasteiger partial charge in [-0.25, -0.2) is 0 Å². The van der Waals surface area contributed by atoms with Crippen LogP contribution in [0.4, 0.5) is 0 Å². The minimum absolute atomic E-state index is 0.0156. The Labute approximate surface area is 176 Å².